The fourth-order valence-electron chi connectivity index (χ4n) is 3.10. The van der Waals surface area contributed by atoms with Crippen molar-refractivity contribution < 1.29 is 9.53 Å². The van der Waals surface area contributed by atoms with E-state index in [1.54, 1.807) is 37.4 Å². The normalized spacial score (nSPS) is 10.4. The van der Waals surface area contributed by atoms with E-state index < -0.39 is 0 Å². The summed E-state index contributed by atoms with van der Waals surface area (Å²) in [6, 6.07) is 16.3. The summed E-state index contributed by atoms with van der Waals surface area (Å²) in [7, 11) is 1.57. The zero-order valence-corrected chi connectivity index (χ0v) is 19.6. The van der Waals surface area contributed by atoms with Crippen molar-refractivity contribution in [2.45, 2.75) is 6.92 Å². The van der Waals surface area contributed by atoms with Gasteiger partial charge in [0.15, 0.2) is 0 Å². The number of benzene rings is 2. The molecule has 0 saturated heterocycles. The standard InChI is InChI=1S/C23H16ClN5O2Se/c1-13-9-17(18-10-16(24)7-8-20(18)31-2)19(12-26-13)21(30)27-23-29-28-22(32-23)15-5-3-14(11-25)4-6-15/h3-10,12H,1-2H3,(H,27,29,30). The monoisotopic (exact) mass is 509 g/mol. The molecule has 2 aromatic carbocycles. The first-order valence-electron chi connectivity index (χ1n) is 9.44. The SMILES string of the molecule is COc1ccc(Cl)cc1-c1cc(C)ncc1C(=O)Nc1nnc(-c2ccc(C#N)cc2)[se]1. The molecule has 0 saturated carbocycles. The predicted molar refractivity (Wildman–Crippen MR) is 123 cm³/mol. The van der Waals surface area contributed by atoms with Gasteiger partial charge in [0.05, 0.1) is 0 Å². The van der Waals surface area contributed by atoms with Gasteiger partial charge in [0.1, 0.15) is 0 Å². The van der Waals surface area contributed by atoms with Gasteiger partial charge in [-0.15, -0.1) is 0 Å². The molecule has 0 spiro atoms. The van der Waals surface area contributed by atoms with Crippen molar-refractivity contribution in [3.05, 3.63) is 76.6 Å². The number of halogens is 1. The molecule has 0 bridgehead atoms. The van der Waals surface area contributed by atoms with Gasteiger partial charge in [0.25, 0.3) is 0 Å². The van der Waals surface area contributed by atoms with Crippen molar-refractivity contribution in [2.24, 2.45) is 0 Å². The zero-order valence-electron chi connectivity index (χ0n) is 17.1. The van der Waals surface area contributed by atoms with Crippen LogP contribution in [0.4, 0.5) is 4.69 Å². The van der Waals surface area contributed by atoms with Crippen LogP contribution in [-0.4, -0.2) is 42.7 Å². The van der Waals surface area contributed by atoms with Gasteiger partial charge in [-0.25, -0.2) is 0 Å². The molecule has 1 amide bonds. The Kier molecular flexibility index (Phi) is 6.33. The summed E-state index contributed by atoms with van der Waals surface area (Å²) in [5.41, 5.74) is 3.94. The Labute approximate surface area is 195 Å². The quantitative estimate of drug-likeness (QED) is 0.402. The average Bonchev–Trinajstić information content (AvgIpc) is 3.27. The van der Waals surface area contributed by atoms with E-state index >= 15 is 0 Å². The maximum absolute atomic E-state index is 13.1. The molecule has 0 radical (unpaired) electrons. The van der Waals surface area contributed by atoms with Crippen LogP contribution in [0.5, 0.6) is 5.75 Å². The van der Waals surface area contributed by atoms with Gasteiger partial charge in [-0.1, -0.05) is 0 Å². The number of hydrogen-bond acceptors (Lipinski definition) is 6. The Morgan fingerprint density at radius 2 is 1.91 bits per heavy atom. The van der Waals surface area contributed by atoms with E-state index in [9.17, 15) is 4.79 Å². The number of nitrogens with one attached hydrogen (secondary N) is 1. The molecule has 0 aliphatic carbocycles. The summed E-state index contributed by atoms with van der Waals surface area (Å²) < 4.78 is 6.74. The molecule has 9 heteroatoms. The van der Waals surface area contributed by atoms with E-state index in [1.165, 1.54) is 6.20 Å². The van der Waals surface area contributed by atoms with Gasteiger partial charge >= 0.3 is 196 Å². The number of carbonyl (C=O) groups is 1. The van der Waals surface area contributed by atoms with Crippen LogP contribution < -0.4 is 10.1 Å². The predicted octanol–water partition coefficient (Wildman–Crippen LogP) is 4.36. The first-order valence-corrected chi connectivity index (χ1v) is 11.5. The minimum atomic E-state index is -0.341. The van der Waals surface area contributed by atoms with Gasteiger partial charge in [-0.05, 0) is 0 Å². The van der Waals surface area contributed by atoms with Crippen molar-refractivity contribution >= 4 is 36.7 Å². The van der Waals surface area contributed by atoms with Gasteiger partial charge < -0.3 is 0 Å². The number of aromatic nitrogens is 3. The Hall–Kier alpha value is -3.50. The van der Waals surface area contributed by atoms with Crippen LogP contribution in [0.3, 0.4) is 0 Å². The maximum atomic E-state index is 13.1. The van der Waals surface area contributed by atoms with Gasteiger partial charge in [-0.3, -0.25) is 0 Å². The Morgan fingerprint density at radius 1 is 1.12 bits per heavy atom. The number of aryl methyl sites for hydroxylation is 1. The summed E-state index contributed by atoms with van der Waals surface area (Å²) in [4.78, 5) is 17.4. The zero-order chi connectivity index (χ0) is 22.7. The van der Waals surface area contributed by atoms with Crippen LogP contribution >= 0.6 is 11.6 Å². The summed E-state index contributed by atoms with van der Waals surface area (Å²) in [5, 5.41) is 20.7. The van der Waals surface area contributed by atoms with Gasteiger partial charge in [0, 0.05) is 0 Å². The van der Waals surface area contributed by atoms with Crippen molar-refractivity contribution in [2.75, 3.05) is 12.4 Å². The molecular formula is C23H16ClN5O2Se. The molecule has 0 fully saturated rings. The molecule has 2 heterocycles. The first-order chi connectivity index (χ1) is 15.5. The molecule has 7 nitrogen and oxygen atoms in total. The number of anilines is 1. The summed E-state index contributed by atoms with van der Waals surface area (Å²) in [6.07, 6.45) is 1.53. The second-order valence-electron chi connectivity index (χ2n) is 6.77. The van der Waals surface area contributed by atoms with Crippen LogP contribution in [0.25, 0.3) is 21.3 Å². The van der Waals surface area contributed by atoms with E-state index in [0.29, 0.717) is 37.7 Å². The molecular weight excluding hydrogens is 493 g/mol. The number of methoxy groups -OCH3 is 1. The van der Waals surface area contributed by atoms with E-state index in [2.05, 4.69) is 26.6 Å². The van der Waals surface area contributed by atoms with Gasteiger partial charge in [-0.2, -0.15) is 0 Å². The Balaban J connectivity index is 1.65. The molecule has 0 atom stereocenters. The molecule has 32 heavy (non-hydrogen) atoms. The van der Waals surface area contributed by atoms with E-state index in [1.807, 2.05) is 25.1 Å². The first kappa shape index (κ1) is 21.7. The van der Waals surface area contributed by atoms with Crippen molar-refractivity contribution in [3.8, 4) is 33.1 Å². The van der Waals surface area contributed by atoms with Crippen molar-refractivity contribution in [3.63, 3.8) is 0 Å². The summed E-state index contributed by atoms with van der Waals surface area (Å²) >= 11 is 5.92. The van der Waals surface area contributed by atoms with Crippen molar-refractivity contribution in [1.29, 1.82) is 5.26 Å². The Morgan fingerprint density at radius 3 is 2.62 bits per heavy atom. The average molecular weight is 509 g/mol. The summed E-state index contributed by atoms with van der Waals surface area (Å²) in [6.45, 7) is 1.85. The third-order valence-electron chi connectivity index (χ3n) is 4.64. The number of amides is 1. The third-order valence-corrected chi connectivity index (χ3v) is 6.74. The van der Waals surface area contributed by atoms with E-state index in [-0.39, 0.29) is 20.4 Å². The van der Waals surface area contributed by atoms with Crippen LogP contribution in [0, 0.1) is 18.3 Å². The van der Waals surface area contributed by atoms with Crippen LogP contribution in [0.15, 0.2) is 54.7 Å². The van der Waals surface area contributed by atoms with Crippen LogP contribution in [0.1, 0.15) is 21.6 Å². The number of pyridine rings is 1. The second kappa shape index (κ2) is 9.33. The molecule has 4 rings (SSSR count). The molecule has 1 N–H and O–H groups in total. The van der Waals surface area contributed by atoms with Crippen LogP contribution in [-0.2, 0) is 0 Å². The number of carbonyl (C=O) groups excluding carboxylic acids is 1. The van der Waals surface area contributed by atoms with E-state index in [0.717, 1.165) is 15.8 Å². The number of nitriles is 1. The molecule has 4 aromatic rings. The number of nitrogens with zero attached hydrogens (tertiary/aromatic N) is 4. The van der Waals surface area contributed by atoms with Gasteiger partial charge in [0.2, 0.25) is 0 Å². The Bertz CT molecular complexity index is 1350. The van der Waals surface area contributed by atoms with Crippen molar-refractivity contribution in [1.82, 2.24) is 15.2 Å². The molecule has 0 unspecified atom stereocenters. The topological polar surface area (TPSA) is 101 Å². The fraction of sp³-hybridized carbons (Fsp3) is 0.0870. The minimum absolute atomic E-state index is 0.282. The molecule has 0 aliphatic rings. The molecule has 0 aliphatic heterocycles. The fourth-order valence-corrected chi connectivity index (χ4v) is 4.83. The molecule has 158 valence electrons. The number of hydrogen-bond donors (Lipinski definition) is 1. The number of rotatable bonds is 5. The number of ether oxygens (including phenoxy) is 1. The second-order valence-corrected chi connectivity index (χ2v) is 9.26. The van der Waals surface area contributed by atoms with E-state index in [4.69, 9.17) is 21.6 Å². The van der Waals surface area contributed by atoms with Crippen LogP contribution in [0.2, 0.25) is 5.02 Å². The molecule has 2 aromatic heterocycles. The summed E-state index contributed by atoms with van der Waals surface area (Å²) in [5.74, 6) is 0.259. The third kappa shape index (κ3) is 4.56.